The molecule has 0 heterocycles. The summed E-state index contributed by atoms with van der Waals surface area (Å²) in [4.78, 5) is 23.2. The first-order valence-electron chi connectivity index (χ1n) is 6.74. The number of carbonyl (C=O) groups excluding carboxylic acids is 1. The number of aromatic carboxylic acids is 1. The molecule has 0 aliphatic rings. The number of nitrogens with one attached hydrogen (secondary N) is 1. The van der Waals surface area contributed by atoms with Gasteiger partial charge in [0.2, 0.25) is 0 Å². The van der Waals surface area contributed by atoms with Crippen LogP contribution in [0.4, 0.5) is 23.2 Å². The Morgan fingerprint density at radius 1 is 1.00 bits per heavy atom. The van der Waals surface area contributed by atoms with Gasteiger partial charge in [-0.1, -0.05) is 6.07 Å². The highest BCUT2D eigenvalue weighted by atomic mass is 19.2. The van der Waals surface area contributed by atoms with E-state index in [1.54, 1.807) is 6.92 Å². The highest BCUT2D eigenvalue weighted by molar-refractivity contribution is 6.11. The molecule has 5 nitrogen and oxygen atoms in total. The van der Waals surface area contributed by atoms with Crippen LogP contribution in [-0.2, 0) is 0 Å². The maximum absolute atomic E-state index is 13.9. The van der Waals surface area contributed by atoms with Gasteiger partial charge in [-0.25, -0.2) is 22.4 Å². The summed E-state index contributed by atoms with van der Waals surface area (Å²) in [5, 5.41) is 11.0. The maximum Gasteiger partial charge on any atom is 0.339 e. The lowest BCUT2D eigenvalue weighted by molar-refractivity contribution is 0.0684. The van der Waals surface area contributed by atoms with Crippen LogP contribution in [0.2, 0.25) is 0 Å². The first-order chi connectivity index (χ1) is 11.7. The molecule has 0 radical (unpaired) electrons. The minimum absolute atomic E-state index is 0.0494. The number of rotatable bonds is 4. The van der Waals surface area contributed by atoms with E-state index in [4.69, 9.17) is 9.84 Å². The van der Waals surface area contributed by atoms with Crippen molar-refractivity contribution < 1.29 is 37.0 Å². The summed E-state index contributed by atoms with van der Waals surface area (Å²) >= 11 is 0. The molecule has 2 aromatic carbocycles. The number of carboxylic acid groups (broad SMARTS) is 1. The SMILES string of the molecule is COc1cc(NC(=O)c2c(F)c(F)c(F)c(F)c2C(=O)O)ccc1C. The summed E-state index contributed by atoms with van der Waals surface area (Å²) in [6, 6.07) is 4.25. The molecular formula is C16H11F4NO4. The van der Waals surface area contributed by atoms with Gasteiger partial charge in [-0.3, -0.25) is 4.79 Å². The summed E-state index contributed by atoms with van der Waals surface area (Å²) in [5.41, 5.74) is -2.30. The summed E-state index contributed by atoms with van der Waals surface area (Å²) < 4.78 is 59.2. The third kappa shape index (κ3) is 3.25. The smallest absolute Gasteiger partial charge is 0.339 e. The average molecular weight is 357 g/mol. The monoisotopic (exact) mass is 357 g/mol. The third-order valence-corrected chi connectivity index (χ3v) is 3.37. The molecule has 25 heavy (non-hydrogen) atoms. The topological polar surface area (TPSA) is 75.6 Å². The molecule has 0 atom stereocenters. The lowest BCUT2D eigenvalue weighted by Crippen LogP contribution is -2.22. The number of carboxylic acids is 1. The molecule has 2 N–H and O–H groups in total. The zero-order valence-corrected chi connectivity index (χ0v) is 12.9. The Hall–Kier alpha value is -3.10. The Morgan fingerprint density at radius 3 is 2.08 bits per heavy atom. The van der Waals surface area contributed by atoms with Gasteiger partial charge in [0, 0.05) is 11.8 Å². The molecule has 9 heteroatoms. The first kappa shape index (κ1) is 18.2. The van der Waals surface area contributed by atoms with E-state index in [-0.39, 0.29) is 5.69 Å². The Kier molecular flexibility index (Phi) is 4.96. The first-order valence-corrected chi connectivity index (χ1v) is 6.74. The van der Waals surface area contributed by atoms with Gasteiger partial charge in [-0.15, -0.1) is 0 Å². The molecule has 1 amide bonds. The van der Waals surface area contributed by atoms with Crippen molar-refractivity contribution in [2.45, 2.75) is 6.92 Å². The van der Waals surface area contributed by atoms with Gasteiger partial charge in [0.1, 0.15) is 11.3 Å². The van der Waals surface area contributed by atoms with Gasteiger partial charge >= 0.3 is 5.97 Å². The van der Waals surface area contributed by atoms with E-state index >= 15 is 0 Å². The molecule has 0 saturated heterocycles. The molecule has 132 valence electrons. The molecule has 2 rings (SSSR count). The van der Waals surface area contributed by atoms with Crippen molar-refractivity contribution in [2.75, 3.05) is 12.4 Å². The van der Waals surface area contributed by atoms with Crippen LogP contribution in [0.15, 0.2) is 18.2 Å². The third-order valence-electron chi connectivity index (χ3n) is 3.37. The van der Waals surface area contributed by atoms with Crippen molar-refractivity contribution in [2.24, 2.45) is 0 Å². The number of halogens is 4. The number of hydrogen-bond acceptors (Lipinski definition) is 3. The van der Waals surface area contributed by atoms with Crippen LogP contribution in [0.25, 0.3) is 0 Å². The van der Waals surface area contributed by atoms with Crippen LogP contribution >= 0.6 is 0 Å². The van der Waals surface area contributed by atoms with Crippen molar-refractivity contribution in [3.05, 3.63) is 58.2 Å². The van der Waals surface area contributed by atoms with Gasteiger partial charge in [-0.2, -0.15) is 0 Å². The fourth-order valence-corrected chi connectivity index (χ4v) is 2.14. The van der Waals surface area contributed by atoms with Gasteiger partial charge in [0.15, 0.2) is 23.3 Å². The summed E-state index contributed by atoms with van der Waals surface area (Å²) in [5.74, 6) is -12.1. The van der Waals surface area contributed by atoms with E-state index in [0.717, 1.165) is 0 Å². The number of methoxy groups -OCH3 is 1. The van der Waals surface area contributed by atoms with Gasteiger partial charge in [0.05, 0.1) is 12.7 Å². The molecule has 0 saturated carbocycles. The normalized spacial score (nSPS) is 10.5. The molecule has 0 aliphatic carbocycles. The van der Waals surface area contributed by atoms with Crippen LogP contribution in [0, 0.1) is 30.2 Å². The van der Waals surface area contributed by atoms with Gasteiger partial charge in [0.25, 0.3) is 5.91 Å². The van der Waals surface area contributed by atoms with E-state index in [9.17, 15) is 27.2 Å². The second-order valence-corrected chi connectivity index (χ2v) is 4.95. The van der Waals surface area contributed by atoms with E-state index in [1.165, 1.54) is 25.3 Å². The number of amides is 1. The Balaban J connectivity index is 2.54. The predicted molar refractivity (Wildman–Crippen MR) is 78.9 cm³/mol. The molecule has 0 spiro atoms. The van der Waals surface area contributed by atoms with Crippen LogP contribution in [0.1, 0.15) is 26.3 Å². The minimum Gasteiger partial charge on any atom is -0.496 e. The van der Waals surface area contributed by atoms with Crippen molar-refractivity contribution >= 4 is 17.6 Å². The van der Waals surface area contributed by atoms with E-state index < -0.39 is 46.3 Å². The van der Waals surface area contributed by atoms with Crippen LogP contribution in [-0.4, -0.2) is 24.1 Å². The molecular weight excluding hydrogens is 346 g/mol. The lowest BCUT2D eigenvalue weighted by atomic mass is 10.0. The number of ether oxygens (including phenoxy) is 1. The lowest BCUT2D eigenvalue weighted by Gasteiger charge is -2.12. The van der Waals surface area contributed by atoms with E-state index in [0.29, 0.717) is 11.3 Å². The van der Waals surface area contributed by atoms with Gasteiger partial charge in [-0.05, 0) is 18.6 Å². The van der Waals surface area contributed by atoms with Crippen molar-refractivity contribution in [3.63, 3.8) is 0 Å². The average Bonchev–Trinajstić information content (AvgIpc) is 2.57. The molecule has 0 aromatic heterocycles. The summed E-state index contributed by atoms with van der Waals surface area (Å²) in [6.07, 6.45) is 0. The second kappa shape index (κ2) is 6.80. The number of carbonyl (C=O) groups is 2. The molecule has 0 bridgehead atoms. The number of aryl methyl sites for hydroxylation is 1. The standard InChI is InChI=1S/C16H11F4NO4/c1-6-3-4-7(5-8(6)25-2)21-15(22)9-10(16(23)24)12(18)14(20)13(19)11(9)17/h3-5H,1-2H3,(H,21,22)(H,23,24). The largest absolute Gasteiger partial charge is 0.496 e. The Morgan fingerprint density at radius 2 is 1.56 bits per heavy atom. The summed E-state index contributed by atoms with van der Waals surface area (Å²) in [7, 11) is 1.36. The van der Waals surface area contributed by atoms with Crippen molar-refractivity contribution in [1.29, 1.82) is 0 Å². The van der Waals surface area contributed by atoms with Gasteiger partial charge < -0.3 is 15.2 Å². The molecule has 0 fully saturated rings. The summed E-state index contributed by atoms with van der Waals surface area (Å²) in [6.45, 7) is 1.71. The fourth-order valence-electron chi connectivity index (χ4n) is 2.14. The highest BCUT2D eigenvalue weighted by Crippen LogP contribution is 2.27. The molecule has 2 aromatic rings. The maximum atomic E-state index is 13.9. The zero-order chi connectivity index (χ0) is 18.9. The van der Waals surface area contributed by atoms with Crippen molar-refractivity contribution in [1.82, 2.24) is 0 Å². The zero-order valence-electron chi connectivity index (χ0n) is 12.9. The quantitative estimate of drug-likeness (QED) is 0.499. The van der Waals surface area contributed by atoms with Crippen LogP contribution in [0.5, 0.6) is 5.75 Å². The van der Waals surface area contributed by atoms with Crippen LogP contribution < -0.4 is 10.1 Å². The van der Waals surface area contributed by atoms with Crippen molar-refractivity contribution in [3.8, 4) is 5.75 Å². The number of anilines is 1. The Labute approximate surface area is 138 Å². The number of benzene rings is 2. The minimum atomic E-state index is -2.32. The second-order valence-electron chi connectivity index (χ2n) is 4.95. The van der Waals surface area contributed by atoms with Crippen LogP contribution in [0.3, 0.4) is 0 Å². The predicted octanol–water partition coefficient (Wildman–Crippen LogP) is 3.51. The number of hydrogen-bond donors (Lipinski definition) is 2. The molecule has 0 aliphatic heterocycles. The fraction of sp³-hybridized carbons (Fsp3) is 0.125. The highest BCUT2D eigenvalue weighted by Gasteiger charge is 2.32. The Bertz CT molecular complexity index is 883. The van der Waals surface area contributed by atoms with E-state index in [1.807, 2.05) is 0 Å². The molecule has 0 unspecified atom stereocenters. The van der Waals surface area contributed by atoms with E-state index in [2.05, 4.69) is 5.32 Å².